The zero-order chi connectivity index (χ0) is 15.8. The Balaban J connectivity index is 1.51. The molecule has 0 spiro atoms. The first-order chi connectivity index (χ1) is 11.8. The molecule has 24 heavy (non-hydrogen) atoms. The molecule has 3 atom stereocenters. The van der Waals surface area contributed by atoms with Crippen LogP contribution in [0.1, 0.15) is 35.3 Å². The van der Waals surface area contributed by atoms with Gasteiger partial charge in [-0.1, -0.05) is 54.1 Å². The second kappa shape index (κ2) is 4.65. The van der Waals surface area contributed by atoms with Crippen LogP contribution in [0.2, 0.25) is 5.02 Å². The molecule has 2 nitrogen and oxygen atoms in total. The first-order valence-electron chi connectivity index (χ1n) is 8.93. The molecule has 0 aliphatic carbocycles. The van der Waals surface area contributed by atoms with E-state index in [9.17, 15) is 0 Å². The SMILES string of the molecule is Clc1c2n(c3ccccc13)C[C@@H]1C[C@H]3c4ccccc4CCN3[C@H]21. The van der Waals surface area contributed by atoms with Crippen LogP contribution < -0.4 is 0 Å². The molecule has 6 rings (SSSR count). The van der Waals surface area contributed by atoms with Gasteiger partial charge < -0.3 is 4.57 Å². The fraction of sp³-hybridized carbons (Fsp3) is 0.333. The van der Waals surface area contributed by atoms with Crippen molar-refractivity contribution in [2.24, 2.45) is 5.92 Å². The smallest absolute Gasteiger partial charge is 0.0710 e. The van der Waals surface area contributed by atoms with E-state index in [0.29, 0.717) is 18.0 Å². The zero-order valence-corrected chi connectivity index (χ0v) is 14.2. The highest BCUT2D eigenvalue weighted by Crippen LogP contribution is 2.56. The number of benzene rings is 2. The Morgan fingerprint density at radius 3 is 2.79 bits per heavy atom. The van der Waals surface area contributed by atoms with Gasteiger partial charge in [0.25, 0.3) is 0 Å². The van der Waals surface area contributed by atoms with Gasteiger partial charge in [-0.05, 0) is 36.0 Å². The van der Waals surface area contributed by atoms with E-state index in [2.05, 4.69) is 58.0 Å². The van der Waals surface area contributed by atoms with Crippen molar-refractivity contribution in [2.45, 2.75) is 31.5 Å². The van der Waals surface area contributed by atoms with Gasteiger partial charge in [0.05, 0.1) is 16.8 Å². The van der Waals surface area contributed by atoms with Crippen LogP contribution in [0.5, 0.6) is 0 Å². The van der Waals surface area contributed by atoms with Crippen LogP contribution in [-0.4, -0.2) is 16.0 Å². The Labute approximate surface area is 146 Å². The Bertz CT molecular complexity index is 973. The maximum Gasteiger partial charge on any atom is 0.0710 e. The van der Waals surface area contributed by atoms with Gasteiger partial charge in [-0.2, -0.15) is 0 Å². The monoisotopic (exact) mass is 334 g/mol. The molecule has 1 saturated heterocycles. The minimum Gasteiger partial charge on any atom is -0.341 e. The van der Waals surface area contributed by atoms with Crippen LogP contribution >= 0.6 is 11.6 Å². The topological polar surface area (TPSA) is 8.17 Å². The standard InChI is InChI=1S/C21H19ClN2/c22-19-16-7-3-4-8-17(16)24-12-14-11-18-15-6-2-1-5-13(15)9-10-23(18)20(14)21(19)24/h1-8,14,18,20H,9-12H2/t14-,18-,20-/m0/s1. The summed E-state index contributed by atoms with van der Waals surface area (Å²) in [5.41, 5.74) is 5.77. The predicted octanol–water partition coefficient (Wildman–Crippen LogP) is 4.97. The second-order valence-electron chi connectivity index (χ2n) is 7.47. The number of hydrogen-bond donors (Lipinski definition) is 0. The van der Waals surface area contributed by atoms with Gasteiger partial charge in [0.15, 0.2) is 0 Å². The molecule has 0 amide bonds. The highest BCUT2D eigenvalue weighted by Gasteiger charge is 2.50. The predicted molar refractivity (Wildman–Crippen MR) is 97.4 cm³/mol. The number of halogens is 1. The molecule has 3 heteroatoms. The van der Waals surface area contributed by atoms with Crippen LogP contribution in [0.25, 0.3) is 10.9 Å². The number of hydrogen-bond acceptors (Lipinski definition) is 1. The van der Waals surface area contributed by atoms with Crippen molar-refractivity contribution in [1.29, 1.82) is 0 Å². The lowest BCUT2D eigenvalue weighted by molar-refractivity contribution is 0.177. The second-order valence-corrected chi connectivity index (χ2v) is 7.85. The Hall–Kier alpha value is -1.77. The minimum atomic E-state index is 0.489. The zero-order valence-electron chi connectivity index (χ0n) is 13.5. The lowest BCUT2D eigenvalue weighted by atomic mass is 9.91. The van der Waals surface area contributed by atoms with Gasteiger partial charge in [-0.3, -0.25) is 4.90 Å². The van der Waals surface area contributed by atoms with Crippen LogP contribution in [0.3, 0.4) is 0 Å². The molecule has 2 aromatic carbocycles. The average Bonchev–Trinajstić information content (AvgIpc) is 3.24. The van der Waals surface area contributed by atoms with Gasteiger partial charge in [-0.25, -0.2) is 0 Å². The molecular weight excluding hydrogens is 316 g/mol. The molecule has 0 saturated carbocycles. The summed E-state index contributed by atoms with van der Waals surface area (Å²) in [6.45, 7) is 2.27. The molecule has 3 aromatic rings. The normalized spacial score (nSPS) is 27.8. The summed E-state index contributed by atoms with van der Waals surface area (Å²) < 4.78 is 2.49. The van der Waals surface area contributed by atoms with Gasteiger partial charge in [-0.15, -0.1) is 0 Å². The van der Waals surface area contributed by atoms with Crippen LogP contribution in [0.15, 0.2) is 48.5 Å². The Kier molecular flexibility index (Phi) is 2.62. The maximum atomic E-state index is 6.85. The summed E-state index contributed by atoms with van der Waals surface area (Å²) in [5, 5.41) is 2.20. The molecule has 1 aromatic heterocycles. The lowest BCUT2D eigenvalue weighted by Crippen LogP contribution is -2.33. The fourth-order valence-corrected chi connectivity index (χ4v) is 5.88. The third kappa shape index (κ3) is 1.56. The van der Waals surface area contributed by atoms with Gasteiger partial charge in [0, 0.05) is 30.0 Å². The van der Waals surface area contributed by atoms with Gasteiger partial charge in [0.2, 0.25) is 0 Å². The van der Waals surface area contributed by atoms with Crippen molar-refractivity contribution in [3.63, 3.8) is 0 Å². The molecule has 3 aliphatic rings. The average molecular weight is 335 g/mol. The lowest BCUT2D eigenvalue weighted by Gasteiger charge is -2.35. The first kappa shape index (κ1) is 13.5. The van der Waals surface area contributed by atoms with E-state index in [-0.39, 0.29) is 0 Å². The largest absolute Gasteiger partial charge is 0.341 e. The van der Waals surface area contributed by atoms with Gasteiger partial charge in [0.1, 0.15) is 0 Å². The van der Waals surface area contributed by atoms with E-state index in [1.807, 2.05) is 0 Å². The van der Waals surface area contributed by atoms with Crippen molar-refractivity contribution in [3.8, 4) is 0 Å². The highest BCUT2D eigenvalue weighted by molar-refractivity contribution is 6.36. The fourth-order valence-electron chi connectivity index (χ4n) is 5.51. The van der Waals surface area contributed by atoms with Crippen molar-refractivity contribution >= 4 is 22.5 Å². The van der Waals surface area contributed by atoms with E-state index >= 15 is 0 Å². The molecule has 3 aliphatic heterocycles. The number of para-hydroxylation sites is 1. The molecule has 0 bridgehead atoms. The molecular formula is C21H19ClN2. The summed E-state index contributed by atoms with van der Waals surface area (Å²) in [7, 11) is 0. The number of rotatable bonds is 0. The quantitative estimate of drug-likeness (QED) is 0.563. The van der Waals surface area contributed by atoms with Crippen LogP contribution in [0.4, 0.5) is 0 Å². The molecule has 120 valence electrons. The maximum absolute atomic E-state index is 6.85. The van der Waals surface area contributed by atoms with E-state index in [1.165, 1.54) is 23.0 Å². The minimum absolute atomic E-state index is 0.489. The molecule has 1 fully saturated rings. The van der Waals surface area contributed by atoms with Crippen LogP contribution in [-0.2, 0) is 13.0 Å². The van der Waals surface area contributed by atoms with E-state index in [0.717, 1.165) is 24.5 Å². The Morgan fingerprint density at radius 2 is 1.83 bits per heavy atom. The summed E-state index contributed by atoms with van der Waals surface area (Å²) in [5.74, 6) is 0.693. The molecule has 0 unspecified atom stereocenters. The summed E-state index contributed by atoms with van der Waals surface area (Å²) in [4.78, 5) is 2.73. The molecule has 0 N–H and O–H groups in total. The number of nitrogens with zero attached hydrogens (tertiary/aromatic N) is 2. The van der Waals surface area contributed by atoms with E-state index in [4.69, 9.17) is 11.6 Å². The number of fused-ring (bicyclic) bond motifs is 9. The third-order valence-corrected chi connectivity index (χ3v) is 6.83. The van der Waals surface area contributed by atoms with E-state index < -0.39 is 0 Å². The molecule has 0 radical (unpaired) electrons. The van der Waals surface area contributed by atoms with Crippen molar-refractivity contribution < 1.29 is 0 Å². The van der Waals surface area contributed by atoms with Crippen molar-refractivity contribution in [2.75, 3.05) is 6.54 Å². The first-order valence-corrected chi connectivity index (χ1v) is 9.31. The summed E-state index contributed by atoms with van der Waals surface area (Å²) in [6.07, 6.45) is 2.42. The van der Waals surface area contributed by atoms with Gasteiger partial charge >= 0.3 is 0 Å². The van der Waals surface area contributed by atoms with E-state index in [1.54, 1.807) is 11.1 Å². The Morgan fingerprint density at radius 1 is 1.00 bits per heavy atom. The summed E-state index contributed by atoms with van der Waals surface area (Å²) >= 11 is 6.85. The van der Waals surface area contributed by atoms with Crippen molar-refractivity contribution in [1.82, 2.24) is 9.47 Å². The highest BCUT2D eigenvalue weighted by atomic mass is 35.5. The summed E-state index contributed by atoms with van der Waals surface area (Å²) in [6, 6.07) is 18.7. The third-order valence-electron chi connectivity index (χ3n) is 6.43. The van der Waals surface area contributed by atoms with Crippen LogP contribution in [0, 0.1) is 5.92 Å². The van der Waals surface area contributed by atoms with Crippen molar-refractivity contribution in [3.05, 3.63) is 70.4 Å². The molecule has 4 heterocycles. The number of aromatic nitrogens is 1.